The van der Waals surface area contributed by atoms with Gasteiger partial charge in [-0.25, -0.2) is 4.98 Å². The van der Waals surface area contributed by atoms with Gasteiger partial charge in [0.05, 0.1) is 5.41 Å². The number of aromatic nitrogens is 1. The Hall–Kier alpha value is -2.89. The maximum atomic E-state index is 12.6. The number of anilines is 1. The largest absolute Gasteiger partial charge is 0.505 e. The van der Waals surface area contributed by atoms with Crippen molar-refractivity contribution in [1.82, 2.24) is 9.88 Å². The number of piperidine rings is 1. The first-order valence-electron chi connectivity index (χ1n) is 7.96. The predicted octanol–water partition coefficient (Wildman–Crippen LogP) is 1.91. The summed E-state index contributed by atoms with van der Waals surface area (Å²) in [4.78, 5) is 30.7. The van der Waals surface area contributed by atoms with Crippen LogP contribution >= 0.6 is 0 Å². The average molecular weight is 323 g/mol. The number of para-hydroxylation sites is 1. The van der Waals surface area contributed by atoms with Crippen LogP contribution in [-0.2, 0) is 10.2 Å². The van der Waals surface area contributed by atoms with Crippen molar-refractivity contribution in [1.29, 1.82) is 0 Å². The second kappa shape index (κ2) is 5.33. The Bertz CT molecular complexity index is 826. The number of pyridine rings is 1. The molecule has 6 heteroatoms. The molecule has 4 rings (SSSR count). The van der Waals surface area contributed by atoms with E-state index in [1.54, 1.807) is 11.0 Å². The number of fused-ring (bicyclic) bond motifs is 2. The first-order valence-corrected chi connectivity index (χ1v) is 7.96. The van der Waals surface area contributed by atoms with Gasteiger partial charge in [-0.3, -0.25) is 9.59 Å². The molecule has 1 aromatic heterocycles. The third kappa shape index (κ3) is 2.06. The molecule has 0 saturated carbocycles. The highest BCUT2D eigenvalue weighted by Gasteiger charge is 2.48. The molecule has 0 radical (unpaired) electrons. The first kappa shape index (κ1) is 14.7. The molecular weight excluding hydrogens is 306 g/mol. The van der Waals surface area contributed by atoms with Gasteiger partial charge in [0.15, 0.2) is 5.69 Å². The van der Waals surface area contributed by atoms with Crippen LogP contribution < -0.4 is 5.32 Å². The lowest BCUT2D eigenvalue weighted by Gasteiger charge is -2.37. The number of benzene rings is 1. The summed E-state index contributed by atoms with van der Waals surface area (Å²) >= 11 is 0. The maximum Gasteiger partial charge on any atom is 0.276 e. The molecule has 2 aromatic rings. The quantitative estimate of drug-likeness (QED) is 0.840. The van der Waals surface area contributed by atoms with Crippen molar-refractivity contribution in [3.63, 3.8) is 0 Å². The van der Waals surface area contributed by atoms with Crippen LogP contribution in [0.2, 0.25) is 0 Å². The molecular formula is C18H17N3O3. The van der Waals surface area contributed by atoms with E-state index in [-0.39, 0.29) is 23.3 Å². The van der Waals surface area contributed by atoms with E-state index in [1.165, 1.54) is 12.3 Å². The normalized spacial score (nSPS) is 18.3. The zero-order chi connectivity index (χ0) is 16.7. The molecule has 0 atom stereocenters. The van der Waals surface area contributed by atoms with E-state index >= 15 is 0 Å². The minimum absolute atomic E-state index is 0.0106. The van der Waals surface area contributed by atoms with Gasteiger partial charge in [-0.05, 0) is 36.6 Å². The Morgan fingerprint density at radius 2 is 1.92 bits per heavy atom. The number of rotatable bonds is 1. The molecule has 1 saturated heterocycles. The molecule has 1 aromatic carbocycles. The molecule has 6 nitrogen and oxygen atoms in total. The van der Waals surface area contributed by atoms with E-state index in [2.05, 4.69) is 10.3 Å². The lowest BCUT2D eigenvalue weighted by molar-refractivity contribution is -0.122. The van der Waals surface area contributed by atoms with Gasteiger partial charge < -0.3 is 15.3 Å². The number of amides is 2. The van der Waals surface area contributed by atoms with E-state index in [0.717, 1.165) is 11.3 Å². The van der Waals surface area contributed by atoms with Crippen LogP contribution in [0.3, 0.4) is 0 Å². The molecule has 122 valence electrons. The smallest absolute Gasteiger partial charge is 0.276 e. The summed E-state index contributed by atoms with van der Waals surface area (Å²) in [5.41, 5.74) is 1.39. The number of carbonyl (C=O) groups excluding carboxylic acids is 2. The van der Waals surface area contributed by atoms with Crippen molar-refractivity contribution in [2.75, 3.05) is 18.4 Å². The number of aromatic hydroxyl groups is 1. The van der Waals surface area contributed by atoms with Gasteiger partial charge in [0.25, 0.3) is 5.91 Å². The molecule has 1 fully saturated rings. The monoisotopic (exact) mass is 323 g/mol. The van der Waals surface area contributed by atoms with E-state index in [9.17, 15) is 14.7 Å². The van der Waals surface area contributed by atoms with Crippen LogP contribution in [0.1, 0.15) is 28.9 Å². The number of carbonyl (C=O) groups is 2. The average Bonchev–Trinajstić information content (AvgIpc) is 2.88. The number of likely N-dealkylation sites (tertiary alicyclic amines) is 1. The fraction of sp³-hybridized carbons (Fsp3) is 0.278. The molecule has 2 amide bonds. The van der Waals surface area contributed by atoms with Gasteiger partial charge in [0, 0.05) is 25.0 Å². The van der Waals surface area contributed by atoms with Crippen LogP contribution in [0.15, 0.2) is 42.6 Å². The molecule has 0 aliphatic carbocycles. The lowest BCUT2D eigenvalue weighted by Crippen LogP contribution is -2.48. The van der Waals surface area contributed by atoms with Crippen LogP contribution in [-0.4, -0.2) is 39.9 Å². The van der Waals surface area contributed by atoms with E-state index < -0.39 is 5.41 Å². The van der Waals surface area contributed by atoms with E-state index in [1.807, 2.05) is 24.3 Å². The third-order valence-electron chi connectivity index (χ3n) is 5.02. The Morgan fingerprint density at radius 3 is 2.67 bits per heavy atom. The van der Waals surface area contributed by atoms with Gasteiger partial charge >= 0.3 is 0 Å². The summed E-state index contributed by atoms with van der Waals surface area (Å²) in [6.45, 7) is 0.910. The molecule has 2 aliphatic heterocycles. The first-order chi connectivity index (χ1) is 11.6. The van der Waals surface area contributed by atoms with Gasteiger partial charge in [0.1, 0.15) is 5.75 Å². The highest BCUT2D eigenvalue weighted by Crippen LogP contribution is 2.44. The van der Waals surface area contributed by atoms with E-state index in [4.69, 9.17) is 0 Å². The number of nitrogens with one attached hydrogen (secondary N) is 1. The maximum absolute atomic E-state index is 12.6. The lowest BCUT2D eigenvalue weighted by atomic mass is 9.73. The van der Waals surface area contributed by atoms with Crippen LogP contribution in [0.4, 0.5) is 5.69 Å². The van der Waals surface area contributed by atoms with Crippen molar-refractivity contribution < 1.29 is 14.7 Å². The van der Waals surface area contributed by atoms with E-state index in [0.29, 0.717) is 25.9 Å². The number of nitrogens with zero attached hydrogens (tertiary/aromatic N) is 2. The van der Waals surface area contributed by atoms with Crippen molar-refractivity contribution in [3.8, 4) is 5.75 Å². The summed E-state index contributed by atoms with van der Waals surface area (Å²) in [5.74, 6) is -0.405. The van der Waals surface area contributed by atoms with Crippen LogP contribution in [0.25, 0.3) is 0 Å². The van der Waals surface area contributed by atoms with Crippen LogP contribution in [0.5, 0.6) is 5.75 Å². The minimum Gasteiger partial charge on any atom is -0.505 e. The second-order valence-corrected chi connectivity index (χ2v) is 6.25. The molecule has 0 unspecified atom stereocenters. The highest BCUT2D eigenvalue weighted by molar-refractivity contribution is 6.06. The van der Waals surface area contributed by atoms with Crippen molar-refractivity contribution in [2.24, 2.45) is 0 Å². The summed E-state index contributed by atoms with van der Waals surface area (Å²) < 4.78 is 0. The summed E-state index contributed by atoms with van der Waals surface area (Å²) in [5, 5.41) is 12.8. The summed E-state index contributed by atoms with van der Waals surface area (Å²) in [6.07, 6.45) is 2.61. The topological polar surface area (TPSA) is 82.5 Å². The molecule has 2 N–H and O–H groups in total. The Labute approximate surface area is 139 Å². The second-order valence-electron chi connectivity index (χ2n) is 6.25. The summed E-state index contributed by atoms with van der Waals surface area (Å²) in [6, 6.07) is 10.8. The Morgan fingerprint density at radius 1 is 1.17 bits per heavy atom. The zero-order valence-electron chi connectivity index (χ0n) is 13.0. The highest BCUT2D eigenvalue weighted by atomic mass is 16.3. The molecule has 3 heterocycles. The zero-order valence-corrected chi connectivity index (χ0v) is 13.0. The predicted molar refractivity (Wildman–Crippen MR) is 87.8 cm³/mol. The van der Waals surface area contributed by atoms with Gasteiger partial charge in [-0.2, -0.15) is 0 Å². The number of hydrogen-bond acceptors (Lipinski definition) is 4. The van der Waals surface area contributed by atoms with Gasteiger partial charge in [-0.1, -0.05) is 18.2 Å². The summed E-state index contributed by atoms with van der Waals surface area (Å²) in [7, 11) is 0. The van der Waals surface area contributed by atoms with Gasteiger partial charge in [0.2, 0.25) is 5.91 Å². The standard InChI is InChI=1S/C18H17N3O3/c22-14-6-3-9-19-15(14)16(23)21-10-7-18(8-11-21)12-4-1-2-5-13(12)20-17(18)24/h1-6,9,22H,7-8,10-11H2,(H,20,24). The van der Waals surface area contributed by atoms with Crippen molar-refractivity contribution >= 4 is 17.5 Å². The SMILES string of the molecule is O=C(c1ncccc1O)N1CCC2(CC1)C(=O)Nc1ccccc12. The molecule has 24 heavy (non-hydrogen) atoms. The van der Waals surface area contributed by atoms with Crippen molar-refractivity contribution in [2.45, 2.75) is 18.3 Å². The fourth-order valence-corrected chi connectivity index (χ4v) is 3.67. The fourth-order valence-electron chi connectivity index (χ4n) is 3.67. The Balaban J connectivity index is 1.57. The minimum atomic E-state index is -0.556. The van der Waals surface area contributed by atoms with Crippen molar-refractivity contribution in [3.05, 3.63) is 53.9 Å². The Kier molecular flexibility index (Phi) is 3.26. The molecule has 0 bridgehead atoms. The molecule has 1 spiro atoms. The third-order valence-corrected chi connectivity index (χ3v) is 5.02. The molecule has 2 aliphatic rings. The van der Waals surface area contributed by atoms with Crippen LogP contribution in [0, 0.1) is 0 Å². The number of hydrogen-bond donors (Lipinski definition) is 2. The van der Waals surface area contributed by atoms with Gasteiger partial charge in [-0.15, -0.1) is 0 Å².